The Morgan fingerprint density at radius 2 is 2.08 bits per heavy atom. The van der Waals surface area contributed by atoms with Crippen molar-refractivity contribution >= 4 is 16.4 Å². The van der Waals surface area contributed by atoms with Gasteiger partial charge in [0, 0.05) is 18.2 Å². The Kier molecular flexibility index (Phi) is 3.73. The quantitative estimate of drug-likeness (QED) is 0.545. The summed E-state index contributed by atoms with van der Waals surface area (Å²) in [5, 5.41) is 0. The first-order valence-corrected chi connectivity index (χ1v) is 4.56. The van der Waals surface area contributed by atoms with Crippen LogP contribution in [0.15, 0.2) is 31.0 Å². The smallest absolute Gasteiger partial charge is 0.511 e. The molecule has 0 aromatic carbocycles. The van der Waals surface area contributed by atoms with Crippen LogP contribution in [0.4, 0.5) is 0 Å². The maximum absolute atomic E-state index is 10.7. The van der Waals surface area contributed by atoms with E-state index in [2.05, 4.69) is 6.58 Å². The van der Waals surface area contributed by atoms with E-state index in [-0.39, 0.29) is 5.48 Å². The van der Waals surface area contributed by atoms with Gasteiger partial charge < -0.3 is 5.48 Å². The molecule has 1 rings (SSSR count). The third-order valence-electron chi connectivity index (χ3n) is 1.31. The van der Waals surface area contributed by atoms with E-state index in [1.54, 1.807) is 6.07 Å². The van der Waals surface area contributed by atoms with Crippen molar-refractivity contribution in [1.29, 1.82) is 0 Å². The summed E-state index contributed by atoms with van der Waals surface area (Å²) in [5.41, 5.74) is 0.319. The molecule has 1 heterocycles. The van der Waals surface area contributed by atoms with Crippen LogP contribution in [-0.4, -0.2) is 18.4 Å². The lowest BCUT2D eigenvalue weighted by Crippen LogP contribution is -2.44. The maximum Gasteiger partial charge on any atom is 0.511 e. The van der Waals surface area contributed by atoms with E-state index in [1.165, 1.54) is 24.4 Å². The number of aromatic nitrogens is 1. The van der Waals surface area contributed by atoms with Gasteiger partial charge in [0.15, 0.2) is 6.20 Å². The van der Waals surface area contributed by atoms with Gasteiger partial charge in [0.2, 0.25) is 5.69 Å². The Bertz CT molecular complexity index is 399. The molecule has 0 amide bonds. The van der Waals surface area contributed by atoms with Crippen LogP contribution in [0.2, 0.25) is 0 Å². The monoisotopic (exact) mass is 203 g/mol. The zero-order valence-electron chi connectivity index (χ0n) is 6.66. The minimum absolute atomic E-state index is 0. The molecule has 1 aromatic heterocycles. The predicted molar refractivity (Wildman–Crippen MR) is 45.6 cm³/mol. The van der Waals surface area contributed by atoms with Crippen molar-refractivity contribution in [1.82, 2.24) is 0 Å². The highest BCUT2D eigenvalue weighted by atomic mass is 32.2. The lowest BCUT2D eigenvalue weighted by atomic mass is 10.3. The topological polar surface area (TPSA) is 88.2 Å². The maximum atomic E-state index is 10.7. The number of nitrogens with zero attached hydrogens (tertiary/aromatic N) is 1. The van der Waals surface area contributed by atoms with E-state index in [0.29, 0.717) is 5.69 Å². The molecule has 0 bridgehead atoms. The normalized spacial score (nSPS) is 10.2. The molecule has 0 aliphatic heterocycles. The first-order chi connectivity index (χ1) is 5.55. The molecule has 0 aliphatic carbocycles. The molecule has 6 heteroatoms. The van der Waals surface area contributed by atoms with Crippen molar-refractivity contribution < 1.29 is 22.4 Å². The van der Waals surface area contributed by atoms with Crippen LogP contribution in [-0.2, 0) is 10.3 Å². The fourth-order valence-corrected chi connectivity index (χ4v) is 1.44. The minimum Gasteiger partial charge on any atom is -0.870 e. The second kappa shape index (κ2) is 4.13. The van der Waals surface area contributed by atoms with Crippen molar-refractivity contribution in [2.24, 2.45) is 0 Å². The first-order valence-electron chi connectivity index (χ1n) is 3.17. The summed E-state index contributed by atoms with van der Waals surface area (Å²) in [6.07, 6.45) is 2.58. The highest BCUT2D eigenvalue weighted by molar-refractivity contribution is 7.79. The highest BCUT2D eigenvalue weighted by Gasteiger charge is 2.20. The lowest BCUT2D eigenvalue weighted by molar-refractivity contribution is -0.521. The molecule has 0 radical (unpaired) electrons. The molecule has 0 unspecified atom stereocenters. The van der Waals surface area contributed by atoms with Crippen LogP contribution in [0, 0.1) is 0 Å². The molecular weight excluding hydrogens is 194 g/mol. The van der Waals surface area contributed by atoms with Crippen molar-refractivity contribution in [2.45, 2.75) is 0 Å². The van der Waals surface area contributed by atoms with E-state index in [1.807, 2.05) is 0 Å². The number of hydrogen-bond donors (Lipinski definition) is 1. The van der Waals surface area contributed by atoms with E-state index < -0.39 is 10.3 Å². The van der Waals surface area contributed by atoms with Crippen LogP contribution in [0.5, 0.6) is 0 Å². The molecule has 72 valence electrons. The second-order valence-electron chi connectivity index (χ2n) is 2.10. The average molecular weight is 203 g/mol. The van der Waals surface area contributed by atoms with Crippen LogP contribution in [0.3, 0.4) is 0 Å². The van der Waals surface area contributed by atoms with Gasteiger partial charge in [0.05, 0.1) is 0 Å². The first kappa shape index (κ1) is 11.8. The van der Waals surface area contributed by atoms with Crippen LogP contribution in [0.1, 0.15) is 5.69 Å². The third kappa shape index (κ3) is 2.62. The lowest BCUT2D eigenvalue weighted by Gasteiger charge is -1.92. The standard InChI is InChI=1S/C7H7NO3S.H2O/c1-2-7-5-3-4-6-8(7)12(9,10)11;/h2-6H,1H2;1H2. The zero-order valence-corrected chi connectivity index (χ0v) is 7.48. The molecule has 1 aromatic rings. The fourth-order valence-electron chi connectivity index (χ4n) is 0.810. The van der Waals surface area contributed by atoms with Crippen molar-refractivity contribution in [2.75, 3.05) is 0 Å². The molecule has 0 saturated heterocycles. The van der Waals surface area contributed by atoms with E-state index >= 15 is 0 Å². The molecule has 5 nitrogen and oxygen atoms in total. The van der Waals surface area contributed by atoms with Crippen molar-refractivity contribution in [3.05, 3.63) is 36.7 Å². The molecule has 0 saturated carbocycles. The van der Waals surface area contributed by atoms with Gasteiger partial charge in [-0.3, -0.25) is 0 Å². The molecule has 0 fully saturated rings. The van der Waals surface area contributed by atoms with Crippen LogP contribution in [0.25, 0.3) is 6.08 Å². The summed E-state index contributed by atoms with van der Waals surface area (Å²) >= 11 is 0. The molecule has 2 N–H and O–H groups in total. The second-order valence-corrected chi connectivity index (χ2v) is 3.39. The SMILES string of the molecule is C=Cc1cccc[n+]1S(=O)(=O)O.[OH-]. The third-order valence-corrected chi connectivity index (χ3v) is 2.14. The van der Waals surface area contributed by atoms with Gasteiger partial charge in [-0.25, -0.2) is 4.55 Å². The largest absolute Gasteiger partial charge is 0.870 e. The van der Waals surface area contributed by atoms with E-state index in [9.17, 15) is 8.42 Å². The van der Waals surface area contributed by atoms with E-state index in [4.69, 9.17) is 4.55 Å². The molecule has 0 spiro atoms. The van der Waals surface area contributed by atoms with Gasteiger partial charge in [-0.2, -0.15) is 0 Å². The summed E-state index contributed by atoms with van der Waals surface area (Å²) in [6, 6.07) is 4.68. The number of hydrogen-bond acceptors (Lipinski definition) is 3. The summed E-state index contributed by atoms with van der Waals surface area (Å²) in [6.45, 7) is 3.41. The molecule has 0 atom stereocenters. The van der Waals surface area contributed by atoms with E-state index in [0.717, 1.165) is 3.97 Å². The van der Waals surface area contributed by atoms with Gasteiger partial charge >= 0.3 is 10.3 Å². The summed E-state index contributed by atoms with van der Waals surface area (Å²) in [7, 11) is -4.20. The number of pyridine rings is 1. The Labute approximate surface area is 76.1 Å². The number of rotatable bonds is 2. The summed E-state index contributed by atoms with van der Waals surface area (Å²) in [4.78, 5) is 0. The van der Waals surface area contributed by atoms with Gasteiger partial charge in [0.25, 0.3) is 0 Å². The van der Waals surface area contributed by atoms with Crippen LogP contribution < -0.4 is 3.97 Å². The van der Waals surface area contributed by atoms with Crippen LogP contribution >= 0.6 is 0 Å². The van der Waals surface area contributed by atoms with Crippen molar-refractivity contribution in [3.63, 3.8) is 0 Å². The predicted octanol–water partition coefficient (Wildman–Crippen LogP) is 0.0912. The average Bonchev–Trinajstić information content (AvgIpc) is 2.03. The Morgan fingerprint density at radius 1 is 1.46 bits per heavy atom. The Hall–Kier alpha value is -1.24. The molecule has 0 aliphatic rings. The van der Waals surface area contributed by atoms with Gasteiger partial charge in [-0.05, 0) is 6.07 Å². The zero-order chi connectivity index (χ0) is 9.19. The van der Waals surface area contributed by atoms with Gasteiger partial charge in [-0.15, -0.1) is 8.42 Å². The Morgan fingerprint density at radius 3 is 2.46 bits per heavy atom. The summed E-state index contributed by atoms with van der Waals surface area (Å²) in [5.74, 6) is 0. The Balaban J connectivity index is 0.00000144. The molecule has 13 heavy (non-hydrogen) atoms. The summed E-state index contributed by atoms with van der Waals surface area (Å²) < 4.78 is 30.8. The highest BCUT2D eigenvalue weighted by Crippen LogP contribution is 1.93. The minimum atomic E-state index is -4.20. The fraction of sp³-hybridized carbons (Fsp3) is 0. The molecular formula is C7H9NO4S. The van der Waals surface area contributed by atoms with Crippen molar-refractivity contribution in [3.8, 4) is 0 Å². The van der Waals surface area contributed by atoms with Gasteiger partial charge in [0.1, 0.15) is 0 Å². The van der Waals surface area contributed by atoms with Gasteiger partial charge in [-0.1, -0.05) is 10.6 Å².